The van der Waals surface area contributed by atoms with E-state index in [1.807, 2.05) is 43.3 Å². The number of nitrogens with zero attached hydrogens (tertiary/aromatic N) is 3. The Balaban J connectivity index is 1.81. The van der Waals surface area contributed by atoms with Gasteiger partial charge in [0.15, 0.2) is 0 Å². The Morgan fingerprint density at radius 2 is 1.70 bits per heavy atom. The average Bonchev–Trinajstić information content (AvgIpc) is 2.55. The van der Waals surface area contributed by atoms with E-state index < -0.39 is 0 Å². The molecule has 2 amide bonds. The first-order valence-corrected chi connectivity index (χ1v) is 8.07. The van der Waals surface area contributed by atoms with E-state index in [1.165, 1.54) is 0 Å². The van der Waals surface area contributed by atoms with Crippen molar-refractivity contribution < 1.29 is 9.59 Å². The highest BCUT2D eigenvalue weighted by Gasteiger charge is 2.21. The fourth-order valence-electron chi connectivity index (χ4n) is 2.61. The SMILES string of the molecule is CCN1CCN(C(=O)CC(=O)Nc2ccc(N(C)C)cc2)CC1. The summed E-state index contributed by atoms with van der Waals surface area (Å²) in [6.45, 7) is 6.30. The van der Waals surface area contributed by atoms with Gasteiger partial charge in [-0.1, -0.05) is 6.92 Å². The molecule has 1 aromatic carbocycles. The highest BCUT2D eigenvalue weighted by atomic mass is 16.2. The van der Waals surface area contributed by atoms with E-state index in [1.54, 1.807) is 4.90 Å². The molecule has 1 aliphatic heterocycles. The van der Waals surface area contributed by atoms with E-state index in [2.05, 4.69) is 17.1 Å². The van der Waals surface area contributed by atoms with E-state index >= 15 is 0 Å². The summed E-state index contributed by atoms with van der Waals surface area (Å²) in [6, 6.07) is 7.55. The van der Waals surface area contributed by atoms with Crippen molar-refractivity contribution in [2.75, 3.05) is 57.0 Å². The lowest BCUT2D eigenvalue weighted by Gasteiger charge is -2.33. The monoisotopic (exact) mass is 318 g/mol. The first kappa shape index (κ1) is 17.3. The highest BCUT2D eigenvalue weighted by molar-refractivity contribution is 6.03. The van der Waals surface area contributed by atoms with Crippen molar-refractivity contribution in [1.29, 1.82) is 0 Å². The van der Waals surface area contributed by atoms with E-state index in [0.717, 1.165) is 25.3 Å². The van der Waals surface area contributed by atoms with Crippen LogP contribution in [-0.4, -0.2) is 68.4 Å². The third-order valence-electron chi connectivity index (χ3n) is 4.15. The zero-order valence-corrected chi connectivity index (χ0v) is 14.2. The molecular formula is C17H26N4O2. The molecule has 1 aromatic rings. The van der Waals surface area contributed by atoms with Gasteiger partial charge in [0.05, 0.1) is 0 Å². The quantitative estimate of drug-likeness (QED) is 0.830. The van der Waals surface area contributed by atoms with Crippen molar-refractivity contribution in [3.8, 4) is 0 Å². The van der Waals surface area contributed by atoms with Crippen LogP contribution in [0.25, 0.3) is 0 Å². The summed E-state index contributed by atoms with van der Waals surface area (Å²) in [5.74, 6) is -0.353. The molecule has 0 saturated carbocycles. The fraction of sp³-hybridized carbons (Fsp3) is 0.529. The molecular weight excluding hydrogens is 292 g/mol. The third-order valence-corrected chi connectivity index (χ3v) is 4.15. The first-order chi connectivity index (χ1) is 11.0. The second kappa shape index (κ2) is 7.97. The second-order valence-corrected chi connectivity index (χ2v) is 5.98. The van der Waals surface area contributed by atoms with Gasteiger partial charge in [-0.25, -0.2) is 0 Å². The Kier molecular flexibility index (Phi) is 5.98. The maximum Gasteiger partial charge on any atom is 0.233 e. The molecule has 0 spiro atoms. The molecule has 0 bridgehead atoms. The van der Waals surface area contributed by atoms with Crippen LogP contribution in [0.15, 0.2) is 24.3 Å². The number of nitrogens with one attached hydrogen (secondary N) is 1. The van der Waals surface area contributed by atoms with Gasteiger partial charge in [-0.05, 0) is 30.8 Å². The number of hydrogen-bond donors (Lipinski definition) is 1. The van der Waals surface area contributed by atoms with Crippen LogP contribution in [0, 0.1) is 0 Å². The van der Waals surface area contributed by atoms with Crippen LogP contribution in [0.4, 0.5) is 11.4 Å². The molecule has 6 heteroatoms. The van der Waals surface area contributed by atoms with Crippen molar-refractivity contribution in [2.45, 2.75) is 13.3 Å². The van der Waals surface area contributed by atoms with Gasteiger partial charge in [0.25, 0.3) is 0 Å². The summed E-state index contributed by atoms with van der Waals surface area (Å²) in [7, 11) is 3.93. The standard InChI is InChI=1S/C17H26N4O2/c1-4-20-9-11-21(12-10-20)17(23)13-16(22)18-14-5-7-15(8-6-14)19(2)3/h5-8H,4,9-13H2,1-3H3,(H,18,22). The van der Waals surface area contributed by atoms with Gasteiger partial charge in [-0.2, -0.15) is 0 Å². The number of amides is 2. The smallest absolute Gasteiger partial charge is 0.233 e. The predicted octanol–water partition coefficient (Wildman–Crippen LogP) is 1.25. The molecule has 0 aliphatic carbocycles. The Hall–Kier alpha value is -2.08. The molecule has 23 heavy (non-hydrogen) atoms. The van der Waals surface area contributed by atoms with E-state index in [0.29, 0.717) is 18.8 Å². The Bertz CT molecular complexity index is 534. The zero-order chi connectivity index (χ0) is 16.8. The Morgan fingerprint density at radius 3 is 2.22 bits per heavy atom. The number of likely N-dealkylation sites (N-methyl/N-ethyl adjacent to an activating group) is 1. The third kappa shape index (κ3) is 4.96. The lowest BCUT2D eigenvalue weighted by molar-refractivity contribution is -0.136. The molecule has 1 heterocycles. The van der Waals surface area contributed by atoms with E-state index in [4.69, 9.17) is 0 Å². The normalized spacial score (nSPS) is 15.3. The minimum Gasteiger partial charge on any atom is -0.378 e. The van der Waals surface area contributed by atoms with Crippen LogP contribution in [0.1, 0.15) is 13.3 Å². The van der Waals surface area contributed by atoms with Gasteiger partial charge < -0.3 is 20.0 Å². The zero-order valence-electron chi connectivity index (χ0n) is 14.2. The number of carbonyl (C=O) groups is 2. The van der Waals surface area contributed by atoms with Gasteiger partial charge in [-0.3, -0.25) is 9.59 Å². The van der Waals surface area contributed by atoms with Crippen LogP contribution in [-0.2, 0) is 9.59 Å². The summed E-state index contributed by atoms with van der Waals surface area (Å²) in [5, 5.41) is 2.78. The molecule has 0 unspecified atom stereocenters. The molecule has 1 saturated heterocycles. The van der Waals surface area contributed by atoms with Crippen LogP contribution in [0.2, 0.25) is 0 Å². The summed E-state index contributed by atoms with van der Waals surface area (Å²) >= 11 is 0. The Labute approximate surface area is 138 Å². The number of hydrogen-bond acceptors (Lipinski definition) is 4. The topological polar surface area (TPSA) is 55.9 Å². The second-order valence-electron chi connectivity index (χ2n) is 5.98. The maximum atomic E-state index is 12.2. The van der Waals surface area contributed by atoms with Gasteiger partial charge in [0.1, 0.15) is 6.42 Å². The largest absolute Gasteiger partial charge is 0.378 e. The summed E-state index contributed by atoms with van der Waals surface area (Å²) in [6.07, 6.45) is -0.0957. The van der Waals surface area contributed by atoms with Crippen molar-refractivity contribution in [3.63, 3.8) is 0 Å². The molecule has 1 fully saturated rings. The summed E-state index contributed by atoms with van der Waals surface area (Å²) < 4.78 is 0. The lowest BCUT2D eigenvalue weighted by Crippen LogP contribution is -2.49. The number of piperazine rings is 1. The first-order valence-electron chi connectivity index (χ1n) is 8.07. The van der Waals surface area contributed by atoms with Gasteiger partial charge in [0.2, 0.25) is 11.8 Å². The average molecular weight is 318 g/mol. The minimum atomic E-state index is -0.259. The molecule has 6 nitrogen and oxygen atoms in total. The number of anilines is 2. The predicted molar refractivity (Wildman–Crippen MR) is 92.7 cm³/mol. The Morgan fingerprint density at radius 1 is 1.09 bits per heavy atom. The molecule has 2 rings (SSSR count). The molecule has 0 radical (unpaired) electrons. The van der Waals surface area contributed by atoms with E-state index in [9.17, 15) is 9.59 Å². The molecule has 1 N–H and O–H groups in total. The molecule has 0 aromatic heterocycles. The maximum absolute atomic E-state index is 12.2. The molecule has 0 atom stereocenters. The van der Waals surface area contributed by atoms with Gasteiger partial charge in [0, 0.05) is 51.6 Å². The molecule has 126 valence electrons. The van der Waals surface area contributed by atoms with E-state index in [-0.39, 0.29) is 18.2 Å². The van der Waals surface area contributed by atoms with Gasteiger partial charge >= 0.3 is 0 Å². The van der Waals surface area contributed by atoms with Gasteiger partial charge in [-0.15, -0.1) is 0 Å². The number of benzene rings is 1. The van der Waals surface area contributed by atoms with Crippen molar-refractivity contribution in [3.05, 3.63) is 24.3 Å². The fourth-order valence-corrected chi connectivity index (χ4v) is 2.61. The lowest BCUT2D eigenvalue weighted by atomic mass is 10.2. The number of rotatable bonds is 5. The number of carbonyl (C=O) groups excluding carboxylic acids is 2. The van der Waals surface area contributed by atoms with Crippen LogP contribution in [0.5, 0.6) is 0 Å². The minimum absolute atomic E-state index is 0.0943. The van der Waals surface area contributed by atoms with Crippen LogP contribution < -0.4 is 10.2 Å². The van der Waals surface area contributed by atoms with Crippen LogP contribution in [0.3, 0.4) is 0 Å². The van der Waals surface area contributed by atoms with Crippen LogP contribution >= 0.6 is 0 Å². The van der Waals surface area contributed by atoms with Crippen molar-refractivity contribution in [2.24, 2.45) is 0 Å². The summed E-state index contributed by atoms with van der Waals surface area (Å²) in [4.78, 5) is 30.3. The summed E-state index contributed by atoms with van der Waals surface area (Å²) in [5.41, 5.74) is 1.78. The van der Waals surface area contributed by atoms with Crippen molar-refractivity contribution >= 4 is 23.2 Å². The van der Waals surface area contributed by atoms with Crippen molar-refractivity contribution in [1.82, 2.24) is 9.80 Å². The molecule has 1 aliphatic rings. The highest BCUT2D eigenvalue weighted by Crippen LogP contribution is 2.16.